The lowest BCUT2D eigenvalue weighted by atomic mass is 10.2. The summed E-state index contributed by atoms with van der Waals surface area (Å²) in [6.45, 7) is -0.953. The van der Waals surface area contributed by atoms with Crippen molar-refractivity contribution in [2.45, 2.75) is 12.3 Å². The van der Waals surface area contributed by atoms with Gasteiger partial charge in [-0.3, -0.25) is 4.79 Å². The number of benzene rings is 1. The van der Waals surface area contributed by atoms with E-state index < -0.39 is 24.7 Å². The second-order valence-electron chi connectivity index (χ2n) is 3.39. The van der Waals surface area contributed by atoms with Crippen LogP contribution in [0.5, 0.6) is 0 Å². The van der Waals surface area contributed by atoms with Crippen molar-refractivity contribution in [2.75, 3.05) is 6.54 Å². The molecule has 0 fully saturated rings. The smallest absolute Gasteiger partial charge is 0.382 e. The summed E-state index contributed by atoms with van der Waals surface area (Å²) in [5.74, 6) is -0.842. The maximum Gasteiger partial charge on any atom is 0.416 e. The first-order chi connectivity index (χ1) is 8.21. The molecule has 0 aliphatic rings. The molecule has 8 heteroatoms. The predicted molar refractivity (Wildman–Crippen MR) is 60.9 cm³/mol. The second kappa shape index (κ2) is 5.77. The zero-order valence-electron chi connectivity index (χ0n) is 8.76. The summed E-state index contributed by atoms with van der Waals surface area (Å²) in [6.07, 6.45) is -7.41. The highest BCUT2D eigenvalue weighted by Crippen LogP contribution is 2.21. The zero-order chi connectivity index (χ0) is 13.9. The largest absolute Gasteiger partial charge is 0.416 e. The highest BCUT2D eigenvalue weighted by atomic mass is 35.5. The van der Waals surface area contributed by atoms with Crippen LogP contribution >= 0.6 is 23.2 Å². The average molecular weight is 302 g/mol. The number of rotatable bonds is 3. The lowest BCUT2D eigenvalue weighted by Crippen LogP contribution is -2.40. The standard InChI is InChI=1S/C10H8Cl2F3NO2/c11-5-1-2-7(12)6(3-5)9(18)16-4-8(17)10(13,14)15/h1-3,8,17H,4H2,(H,16,18). The number of halogens is 5. The SMILES string of the molecule is O=C(NCC(O)C(F)(F)F)c1cc(Cl)ccc1Cl. The summed E-state index contributed by atoms with van der Waals surface area (Å²) in [4.78, 5) is 11.5. The fourth-order valence-corrected chi connectivity index (χ4v) is 1.45. The van der Waals surface area contributed by atoms with E-state index in [1.807, 2.05) is 5.32 Å². The Hall–Kier alpha value is -0.980. The fourth-order valence-electron chi connectivity index (χ4n) is 1.07. The molecule has 1 aromatic carbocycles. The molecule has 1 atom stereocenters. The molecule has 0 aliphatic carbocycles. The first-order valence-electron chi connectivity index (χ1n) is 4.70. The minimum absolute atomic E-state index is 0.0541. The minimum atomic E-state index is -4.79. The third kappa shape index (κ3) is 4.04. The Labute approximate surface area is 110 Å². The molecule has 2 N–H and O–H groups in total. The van der Waals surface area contributed by atoms with E-state index in [4.69, 9.17) is 28.3 Å². The average Bonchev–Trinajstić information content (AvgIpc) is 2.27. The minimum Gasteiger partial charge on any atom is -0.382 e. The van der Waals surface area contributed by atoms with Crippen LogP contribution < -0.4 is 5.32 Å². The van der Waals surface area contributed by atoms with Gasteiger partial charge >= 0.3 is 6.18 Å². The van der Waals surface area contributed by atoms with Gasteiger partial charge in [0, 0.05) is 5.02 Å². The molecule has 0 bridgehead atoms. The van der Waals surface area contributed by atoms with Crippen molar-refractivity contribution in [1.29, 1.82) is 0 Å². The number of aliphatic hydroxyl groups is 1. The molecule has 3 nitrogen and oxygen atoms in total. The molecule has 18 heavy (non-hydrogen) atoms. The van der Waals surface area contributed by atoms with Gasteiger partial charge in [0.05, 0.1) is 17.1 Å². The Morgan fingerprint density at radius 3 is 2.56 bits per heavy atom. The highest BCUT2D eigenvalue weighted by molar-refractivity contribution is 6.35. The van der Waals surface area contributed by atoms with E-state index in [2.05, 4.69) is 0 Å². The number of hydrogen-bond acceptors (Lipinski definition) is 2. The Kier molecular flexibility index (Phi) is 4.84. The van der Waals surface area contributed by atoms with Gasteiger partial charge in [-0.2, -0.15) is 13.2 Å². The lowest BCUT2D eigenvalue weighted by molar-refractivity contribution is -0.201. The van der Waals surface area contributed by atoms with Gasteiger partial charge < -0.3 is 10.4 Å². The molecule has 0 saturated heterocycles. The summed E-state index contributed by atoms with van der Waals surface area (Å²) in [7, 11) is 0. The number of hydrogen-bond donors (Lipinski definition) is 2. The van der Waals surface area contributed by atoms with Crippen LogP contribution in [-0.4, -0.2) is 29.8 Å². The van der Waals surface area contributed by atoms with Gasteiger partial charge in [0.2, 0.25) is 0 Å². The number of carbonyl (C=O) groups excluding carboxylic acids is 1. The van der Waals surface area contributed by atoms with E-state index in [-0.39, 0.29) is 15.6 Å². The van der Waals surface area contributed by atoms with Crippen molar-refractivity contribution in [3.63, 3.8) is 0 Å². The van der Waals surface area contributed by atoms with Gasteiger partial charge in [0.1, 0.15) is 0 Å². The first-order valence-corrected chi connectivity index (χ1v) is 5.45. The van der Waals surface area contributed by atoms with Crippen LogP contribution in [0.3, 0.4) is 0 Å². The molecule has 0 radical (unpaired) electrons. The molecular formula is C10H8Cl2F3NO2. The molecule has 1 unspecified atom stereocenters. The maximum absolute atomic E-state index is 12.0. The van der Waals surface area contributed by atoms with Crippen LogP contribution in [-0.2, 0) is 0 Å². The predicted octanol–water partition coefficient (Wildman–Crippen LogP) is 2.65. The van der Waals surface area contributed by atoms with Gasteiger partial charge in [0.15, 0.2) is 6.10 Å². The molecule has 100 valence electrons. The normalized spacial score (nSPS) is 13.2. The van der Waals surface area contributed by atoms with Crippen LogP contribution in [0.25, 0.3) is 0 Å². The molecule has 0 saturated carbocycles. The van der Waals surface area contributed by atoms with E-state index >= 15 is 0 Å². The van der Waals surface area contributed by atoms with Crippen LogP contribution in [0.2, 0.25) is 10.0 Å². The molecule has 1 rings (SSSR count). The third-order valence-corrected chi connectivity index (χ3v) is 2.57. The molecule has 0 heterocycles. The van der Waals surface area contributed by atoms with E-state index in [9.17, 15) is 18.0 Å². The van der Waals surface area contributed by atoms with Crippen molar-refractivity contribution in [3.8, 4) is 0 Å². The Balaban J connectivity index is 2.69. The third-order valence-electron chi connectivity index (χ3n) is 2.01. The summed E-state index contributed by atoms with van der Waals surface area (Å²) in [5, 5.41) is 10.9. The first kappa shape index (κ1) is 15.1. The van der Waals surface area contributed by atoms with Gasteiger partial charge in [-0.1, -0.05) is 23.2 Å². The van der Waals surface area contributed by atoms with Crippen LogP contribution in [0.15, 0.2) is 18.2 Å². The number of nitrogens with one attached hydrogen (secondary N) is 1. The van der Waals surface area contributed by atoms with Crippen LogP contribution in [0.1, 0.15) is 10.4 Å². The number of amides is 1. The number of carbonyl (C=O) groups is 1. The Morgan fingerprint density at radius 2 is 2.00 bits per heavy atom. The molecule has 0 aromatic heterocycles. The lowest BCUT2D eigenvalue weighted by Gasteiger charge is -2.15. The fraction of sp³-hybridized carbons (Fsp3) is 0.300. The van der Waals surface area contributed by atoms with E-state index in [1.54, 1.807) is 0 Å². The highest BCUT2D eigenvalue weighted by Gasteiger charge is 2.38. The Morgan fingerprint density at radius 1 is 1.39 bits per heavy atom. The molecular weight excluding hydrogens is 294 g/mol. The van der Waals surface area contributed by atoms with Gasteiger partial charge in [-0.15, -0.1) is 0 Å². The molecule has 1 amide bonds. The topological polar surface area (TPSA) is 49.3 Å². The molecule has 1 aromatic rings. The van der Waals surface area contributed by atoms with Crippen LogP contribution in [0.4, 0.5) is 13.2 Å². The molecule has 0 spiro atoms. The zero-order valence-corrected chi connectivity index (χ0v) is 10.3. The number of alkyl halides is 3. The van der Waals surface area contributed by atoms with E-state index in [0.717, 1.165) is 0 Å². The summed E-state index contributed by atoms with van der Waals surface area (Å²) < 4.78 is 36.0. The van der Waals surface area contributed by atoms with E-state index in [1.165, 1.54) is 18.2 Å². The van der Waals surface area contributed by atoms with E-state index in [0.29, 0.717) is 0 Å². The van der Waals surface area contributed by atoms with Crippen molar-refractivity contribution >= 4 is 29.1 Å². The van der Waals surface area contributed by atoms with Crippen molar-refractivity contribution in [1.82, 2.24) is 5.32 Å². The summed E-state index contributed by atoms with van der Waals surface area (Å²) in [6, 6.07) is 4.00. The van der Waals surface area contributed by atoms with Gasteiger partial charge in [-0.25, -0.2) is 0 Å². The van der Waals surface area contributed by atoms with Crippen molar-refractivity contribution in [2.24, 2.45) is 0 Å². The maximum atomic E-state index is 12.0. The Bertz CT molecular complexity index is 451. The second-order valence-corrected chi connectivity index (χ2v) is 4.24. The van der Waals surface area contributed by atoms with Gasteiger partial charge in [-0.05, 0) is 18.2 Å². The van der Waals surface area contributed by atoms with Crippen molar-refractivity contribution in [3.05, 3.63) is 33.8 Å². The van der Waals surface area contributed by atoms with Crippen molar-refractivity contribution < 1.29 is 23.1 Å². The summed E-state index contributed by atoms with van der Waals surface area (Å²) in [5.41, 5.74) is -0.0569. The quantitative estimate of drug-likeness (QED) is 0.902. The summed E-state index contributed by atoms with van der Waals surface area (Å²) >= 11 is 11.3. The van der Waals surface area contributed by atoms with Crippen LogP contribution in [0, 0.1) is 0 Å². The number of aliphatic hydroxyl groups excluding tert-OH is 1. The molecule has 0 aliphatic heterocycles. The van der Waals surface area contributed by atoms with Gasteiger partial charge in [0.25, 0.3) is 5.91 Å². The monoisotopic (exact) mass is 301 g/mol.